The molecule has 1 aliphatic carbocycles. The number of unbranched alkanes of at least 4 members (excludes halogenated alkanes) is 11. The summed E-state index contributed by atoms with van der Waals surface area (Å²) >= 11 is 0. The van der Waals surface area contributed by atoms with Gasteiger partial charge >= 0.3 is 5.97 Å². The third-order valence-corrected chi connectivity index (χ3v) is 4.91. The average molecular weight is 325 g/mol. The summed E-state index contributed by atoms with van der Waals surface area (Å²) in [6, 6.07) is 0. The van der Waals surface area contributed by atoms with Gasteiger partial charge in [-0.1, -0.05) is 96.8 Å². The molecule has 2 heteroatoms. The van der Waals surface area contributed by atoms with E-state index in [9.17, 15) is 4.79 Å². The number of hydrogen-bond acceptors (Lipinski definition) is 2. The summed E-state index contributed by atoms with van der Waals surface area (Å²) in [4.78, 5) is 11.3. The number of hydrogen-bond donors (Lipinski definition) is 0. The highest BCUT2D eigenvalue weighted by atomic mass is 16.5. The van der Waals surface area contributed by atoms with E-state index in [1.54, 1.807) is 0 Å². The largest absolute Gasteiger partial charge is 0.466 e. The fraction of sp³-hybridized carbons (Fsp3) is 0.952. The van der Waals surface area contributed by atoms with Crippen molar-refractivity contribution in [2.24, 2.45) is 5.92 Å². The van der Waals surface area contributed by atoms with Gasteiger partial charge in [0.1, 0.15) is 0 Å². The van der Waals surface area contributed by atoms with Gasteiger partial charge in [-0.25, -0.2) is 0 Å². The highest BCUT2D eigenvalue weighted by Crippen LogP contribution is 2.34. The summed E-state index contributed by atoms with van der Waals surface area (Å²) in [5.74, 6) is 1.11. The van der Waals surface area contributed by atoms with Gasteiger partial charge < -0.3 is 4.74 Å². The summed E-state index contributed by atoms with van der Waals surface area (Å²) in [5.41, 5.74) is 0. The van der Waals surface area contributed by atoms with Gasteiger partial charge in [-0.3, -0.25) is 4.79 Å². The van der Waals surface area contributed by atoms with Crippen LogP contribution in [-0.4, -0.2) is 12.6 Å². The van der Waals surface area contributed by atoms with Crippen molar-refractivity contribution in [2.45, 2.75) is 116 Å². The van der Waals surface area contributed by atoms with E-state index < -0.39 is 0 Å². The molecule has 0 atom stereocenters. The molecule has 0 aromatic carbocycles. The molecule has 0 amide bonds. The minimum Gasteiger partial charge on any atom is -0.466 e. The van der Waals surface area contributed by atoms with E-state index in [1.165, 1.54) is 89.9 Å². The molecular weight excluding hydrogens is 284 g/mol. The standard InChI is InChI=1S/C21H40O2/c1-2-19-23-21(22)16-14-12-10-8-6-4-3-5-7-9-11-13-15-20-17-18-20/h20H,2-19H2,1H3. The van der Waals surface area contributed by atoms with Gasteiger partial charge in [0, 0.05) is 6.42 Å². The van der Waals surface area contributed by atoms with Crippen LogP contribution in [0, 0.1) is 5.92 Å². The minimum atomic E-state index is -0.0102. The Kier molecular flexibility index (Phi) is 13.4. The molecule has 1 fully saturated rings. The lowest BCUT2D eigenvalue weighted by Gasteiger charge is -2.04. The first-order valence-electron chi connectivity index (χ1n) is 10.5. The maximum Gasteiger partial charge on any atom is 0.305 e. The van der Waals surface area contributed by atoms with Crippen molar-refractivity contribution in [3.8, 4) is 0 Å². The predicted octanol–water partition coefficient (Wildman–Crippen LogP) is 6.81. The minimum absolute atomic E-state index is 0.0102. The molecule has 0 aromatic heterocycles. The van der Waals surface area contributed by atoms with Crippen LogP contribution >= 0.6 is 0 Å². The topological polar surface area (TPSA) is 26.3 Å². The maximum atomic E-state index is 11.3. The second kappa shape index (κ2) is 15.0. The molecule has 0 N–H and O–H groups in total. The Hall–Kier alpha value is -0.530. The molecule has 0 bridgehead atoms. The number of carbonyl (C=O) groups excluding carboxylic acids is 1. The van der Waals surface area contributed by atoms with Gasteiger partial charge in [0.25, 0.3) is 0 Å². The molecule has 1 aliphatic rings. The zero-order valence-electron chi connectivity index (χ0n) is 15.6. The number of ether oxygens (including phenoxy) is 1. The van der Waals surface area contributed by atoms with Gasteiger partial charge in [0.15, 0.2) is 0 Å². The van der Waals surface area contributed by atoms with E-state index in [1.807, 2.05) is 6.92 Å². The molecule has 0 aromatic rings. The summed E-state index contributed by atoms with van der Waals surface area (Å²) < 4.78 is 5.07. The Bertz CT molecular complexity index is 271. The van der Waals surface area contributed by atoms with E-state index in [2.05, 4.69) is 0 Å². The van der Waals surface area contributed by atoms with E-state index in [0.717, 1.165) is 18.8 Å². The first-order chi connectivity index (χ1) is 11.3. The molecular formula is C21H40O2. The summed E-state index contributed by atoms with van der Waals surface area (Å²) in [7, 11) is 0. The van der Waals surface area contributed by atoms with Gasteiger partial charge in [0.05, 0.1) is 6.61 Å². The second-order valence-corrected chi connectivity index (χ2v) is 7.45. The lowest BCUT2D eigenvalue weighted by atomic mass is 10.0. The van der Waals surface area contributed by atoms with Crippen LogP contribution in [0.1, 0.15) is 116 Å². The molecule has 0 saturated heterocycles. The van der Waals surface area contributed by atoms with Crippen LogP contribution in [0.2, 0.25) is 0 Å². The quantitative estimate of drug-likeness (QED) is 0.217. The third kappa shape index (κ3) is 14.8. The summed E-state index contributed by atoms with van der Waals surface area (Å²) in [6.07, 6.45) is 22.4. The Morgan fingerprint density at radius 1 is 0.783 bits per heavy atom. The molecule has 0 aliphatic heterocycles. The fourth-order valence-electron chi connectivity index (χ4n) is 3.16. The second-order valence-electron chi connectivity index (χ2n) is 7.45. The zero-order valence-corrected chi connectivity index (χ0v) is 15.6. The highest BCUT2D eigenvalue weighted by Gasteiger charge is 2.19. The van der Waals surface area contributed by atoms with Crippen LogP contribution in [0.3, 0.4) is 0 Å². The lowest BCUT2D eigenvalue weighted by molar-refractivity contribution is -0.143. The number of carbonyl (C=O) groups is 1. The number of rotatable bonds is 17. The van der Waals surface area contributed by atoms with Crippen molar-refractivity contribution in [1.29, 1.82) is 0 Å². The molecule has 0 heterocycles. The normalized spacial score (nSPS) is 14.1. The first kappa shape index (κ1) is 20.5. The smallest absolute Gasteiger partial charge is 0.305 e. The molecule has 1 rings (SSSR count). The third-order valence-electron chi connectivity index (χ3n) is 4.91. The molecule has 0 unspecified atom stereocenters. The Morgan fingerprint density at radius 3 is 1.74 bits per heavy atom. The fourth-order valence-corrected chi connectivity index (χ4v) is 3.16. The summed E-state index contributed by atoms with van der Waals surface area (Å²) in [6.45, 7) is 2.61. The van der Waals surface area contributed by atoms with E-state index in [4.69, 9.17) is 4.74 Å². The van der Waals surface area contributed by atoms with Crippen LogP contribution in [0.15, 0.2) is 0 Å². The van der Waals surface area contributed by atoms with Crippen molar-refractivity contribution < 1.29 is 9.53 Å². The zero-order chi connectivity index (χ0) is 16.6. The van der Waals surface area contributed by atoms with Gasteiger partial charge in [-0.2, -0.15) is 0 Å². The average Bonchev–Trinajstić information content (AvgIpc) is 3.37. The van der Waals surface area contributed by atoms with Gasteiger partial charge in [-0.05, 0) is 18.8 Å². The maximum absolute atomic E-state index is 11.3. The molecule has 136 valence electrons. The van der Waals surface area contributed by atoms with Crippen molar-refractivity contribution in [2.75, 3.05) is 6.61 Å². The van der Waals surface area contributed by atoms with Gasteiger partial charge in [-0.15, -0.1) is 0 Å². The van der Waals surface area contributed by atoms with Crippen LogP contribution < -0.4 is 0 Å². The van der Waals surface area contributed by atoms with Crippen LogP contribution in [-0.2, 0) is 9.53 Å². The Morgan fingerprint density at radius 2 is 1.26 bits per heavy atom. The Balaban J connectivity index is 1.65. The molecule has 1 saturated carbocycles. The van der Waals surface area contributed by atoms with Gasteiger partial charge in [0.2, 0.25) is 0 Å². The molecule has 0 radical (unpaired) electrons. The number of esters is 1. The van der Waals surface area contributed by atoms with Crippen molar-refractivity contribution in [3.05, 3.63) is 0 Å². The molecule has 23 heavy (non-hydrogen) atoms. The molecule has 0 spiro atoms. The Labute approximate surface area is 144 Å². The lowest BCUT2D eigenvalue weighted by Crippen LogP contribution is -2.04. The SMILES string of the molecule is CCCOC(=O)CCCCCCCCCCCCCCC1CC1. The van der Waals surface area contributed by atoms with E-state index >= 15 is 0 Å². The van der Waals surface area contributed by atoms with Crippen LogP contribution in [0.25, 0.3) is 0 Å². The van der Waals surface area contributed by atoms with Crippen molar-refractivity contribution >= 4 is 5.97 Å². The van der Waals surface area contributed by atoms with Crippen LogP contribution in [0.4, 0.5) is 0 Å². The molecule has 2 nitrogen and oxygen atoms in total. The van der Waals surface area contributed by atoms with Crippen LogP contribution in [0.5, 0.6) is 0 Å². The monoisotopic (exact) mass is 324 g/mol. The first-order valence-corrected chi connectivity index (χ1v) is 10.5. The predicted molar refractivity (Wildman–Crippen MR) is 98.6 cm³/mol. The van der Waals surface area contributed by atoms with E-state index in [-0.39, 0.29) is 5.97 Å². The highest BCUT2D eigenvalue weighted by molar-refractivity contribution is 5.69. The van der Waals surface area contributed by atoms with E-state index in [0.29, 0.717) is 13.0 Å². The summed E-state index contributed by atoms with van der Waals surface area (Å²) in [5, 5.41) is 0. The van der Waals surface area contributed by atoms with Crippen molar-refractivity contribution in [1.82, 2.24) is 0 Å². The van der Waals surface area contributed by atoms with Crippen molar-refractivity contribution in [3.63, 3.8) is 0 Å².